The molecular formula is C17H26FN3O4. The molecule has 0 aliphatic heterocycles. The molecule has 0 radical (unpaired) electrons. The molecule has 140 valence electrons. The van der Waals surface area contributed by atoms with Gasteiger partial charge < -0.3 is 25.4 Å². The van der Waals surface area contributed by atoms with Gasteiger partial charge in [-0.05, 0) is 32.9 Å². The van der Waals surface area contributed by atoms with Crippen molar-refractivity contribution in [2.24, 2.45) is 0 Å². The summed E-state index contributed by atoms with van der Waals surface area (Å²) in [6.07, 6.45) is 0. The summed E-state index contributed by atoms with van der Waals surface area (Å²) in [6.45, 7) is 5.24. The van der Waals surface area contributed by atoms with Crippen molar-refractivity contribution in [1.29, 1.82) is 0 Å². The topological polar surface area (TPSA) is 90.9 Å². The minimum Gasteiger partial charge on any atom is -0.489 e. The zero-order valence-electron chi connectivity index (χ0n) is 15.1. The summed E-state index contributed by atoms with van der Waals surface area (Å²) >= 11 is 0. The van der Waals surface area contributed by atoms with Crippen molar-refractivity contribution in [3.63, 3.8) is 0 Å². The van der Waals surface area contributed by atoms with Crippen LogP contribution in [0.15, 0.2) is 18.2 Å². The third-order valence-electron chi connectivity index (χ3n) is 3.04. The summed E-state index contributed by atoms with van der Waals surface area (Å²) < 4.78 is 18.5. The second-order valence-electron chi connectivity index (χ2n) is 6.61. The average molecular weight is 355 g/mol. The van der Waals surface area contributed by atoms with Crippen molar-refractivity contribution < 1.29 is 23.8 Å². The SMILES string of the molecule is CN(CC(=O)NC(C)(C)C)C(=O)CNc1ccc(F)cc1OCCO. The van der Waals surface area contributed by atoms with E-state index in [0.717, 1.165) is 0 Å². The van der Waals surface area contributed by atoms with Crippen LogP contribution in [0.1, 0.15) is 20.8 Å². The molecule has 3 N–H and O–H groups in total. The fourth-order valence-corrected chi connectivity index (χ4v) is 1.98. The van der Waals surface area contributed by atoms with Crippen LogP contribution in [0.5, 0.6) is 5.75 Å². The molecule has 0 aliphatic rings. The normalized spacial score (nSPS) is 11.0. The van der Waals surface area contributed by atoms with Crippen molar-refractivity contribution in [3.8, 4) is 5.75 Å². The van der Waals surface area contributed by atoms with E-state index in [0.29, 0.717) is 5.69 Å². The standard InChI is InChI=1S/C17H26FN3O4/c1-17(2,3)20-15(23)11-21(4)16(24)10-19-13-6-5-12(18)9-14(13)25-8-7-22/h5-6,9,19,22H,7-8,10-11H2,1-4H3,(H,20,23). The van der Waals surface area contributed by atoms with Gasteiger partial charge in [0.15, 0.2) is 0 Å². The Balaban J connectivity index is 2.59. The third kappa shape index (κ3) is 7.84. The molecular weight excluding hydrogens is 329 g/mol. The molecule has 0 aromatic heterocycles. The van der Waals surface area contributed by atoms with Gasteiger partial charge in [-0.3, -0.25) is 9.59 Å². The number of aliphatic hydroxyl groups is 1. The summed E-state index contributed by atoms with van der Waals surface area (Å²) in [5.41, 5.74) is 0.0578. The Labute approximate surface area is 147 Å². The summed E-state index contributed by atoms with van der Waals surface area (Å²) in [5.74, 6) is -0.839. The van der Waals surface area contributed by atoms with Crippen LogP contribution in [0.4, 0.5) is 10.1 Å². The van der Waals surface area contributed by atoms with E-state index in [2.05, 4.69) is 10.6 Å². The van der Waals surface area contributed by atoms with Crippen LogP contribution >= 0.6 is 0 Å². The minimum absolute atomic E-state index is 0.0129. The van der Waals surface area contributed by atoms with Gasteiger partial charge in [0.05, 0.1) is 25.4 Å². The van der Waals surface area contributed by atoms with E-state index in [1.165, 1.54) is 30.1 Å². The molecule has 0 spiro atoms. The lowest BCUT2D eigenvalue weighted by atomic mass is 10.1. The Kier molecular flexibility index (Phi) is 7.63. The van der Waals surface area contributed by atoms with Gasteiger partial charge in [-0.2, -0.15) is 0 Å². The zero-order chi connectivity index (χ0) is 19.0. The highest BCUT2D eigenvalue weighted by Gasteiger charge is 2.18. The molecule has 0 aliphatic carbocycles. The Hall–Kier alpha value is -2.35. The van der Waals surface area contributed by atoms with Crippen LogP contribution in [0.25, 0.3) is 0 Å². The molecule has 1 aromatic carbocycles. The summed E-state index contributed by atoms with van der Waals surface area (Å²) in [6, 6.07) is 3.85. The number of halogens is 1. The molecule has 2 amide bonds. The number of carbonyl (C=O) groups is 2. The maximum Gasteiger partial charge on any atom is 0.242 e. The second kappa shape index (κ2) is 9.22. The molecule has 0 atom stereocenters. The largest absolute Gasteiger partial charge is 0.489 e. The van der Waals surface area contributed by atoms with Crippen molar-refractivity contribution in [2.45, 2.75) is 26.3 Å². The number of hydrogen-bond donors (Lipinski definition) is 3. The predicted octanol–water partition coefficient (Wildman–Crippen LogP) is 0.982. The maximum absolute atomic E-state index is 13.3. The van der Waals surface area contributed by atoms with Gasteiger partial charge in [-0.25, -0.2) is 4.39 Å². The maximum atomic E-state index is 13.3. The predicted molar refractivity (Wildman–Crippen MR) is 93.0 cm³/mol. The van der Waals surface area contributed by atoms with Crippen molar-refractivity contribution >= 4 is 17.5 Å². The molecule has 0 heterocycles. The molecule has 1 rings (SSSR count). The molecule has 7 nitrogen and oxygen atoms in total. The number of ether oxygens (including phenoxy) is 1. The molecule has 0 fully saturated rings. The lowest BCUT2D eigenvalue weighted by Crippen LogP contribution is -2.47. The van der Waals surface area contributed by atoms with Gasteiger partial charge in [0.25, 0.3) is 0 Å². The smallest absolute Gasteiger partial charge is 0.242 e. The molecule has 0 saturated heterocycles. The summed E-state index contributed by atoms with van der Waals surface area (Å²) in [7, 11) is 1.53. The van der Waals surface area contributed by atoms with Crippen molar-refractivity contribution in [2.75, 3.05) is 38.7 Å². The molecule has 1 aromatic rings. The quantitative estimate of drug-likeness (QED) is 0.647. The number of likely N-dealkylation sites (N-methyl/N-ethyl adjacent to an activating group) is 1. The number of hydrogen-bond acceptors (Lipinski definition) is 5. The van der Waals surface area contributed by atoms with E-state index in [9.17, 15) is 14.0 Å². The number of anilines is 1. The van der Waals surface area contributed by atoms with E-state index in [-0.39, 0.29) is 49.4 Å². The van der Waals surface area contributed by atoms with Crippen molar-refractivity contribution in [3.05, 3.63) is 24.0 Å². The number of benzene rings is 1. The lowest BCUT2D eigenvalue weighted by molar-refractivity contribution is -0.133. The van der Waals surface area contributed by atoms with Gasteiger partial charge in [0.2, 0.25) is 11.8 Å². The Morgan fingerprint density at radius 2 is 2.00 bits per heavy atom. The van der Waals surface area contributed by atoms with Crippen LogP contribution in [0, 0.1) is 5.82 Å². The number of carbonyl (C=O) groups excluding carboxylic acids is 2. The highest BCUT2D eigenvalue weighted by atomic mass is 19.1. The Morgan fingerprint density at radius 3 is 2.60 bits per heavy atom. The fourth-order valence-electron chi connectivity index (χ4n) is 1.98. The van der Waals surface area contributed by atoms with E-state index in [4.69, 9.17) is 9.84 Å². The van der Waals surface area contributed by atoms with E-state index < -0.39 is 5.82 Å². The van der Waals surface area contributed by atoms with Gasteiger partial charge in [0, 0.05) is 18.7 Å². The number of nitrogens with one attached hydrogen (secondary N) is 2. The first-order valence-corrected chi connectivity index (χ1v) is 7.94. The van der Waals surface area contributed by atoms with Crippen molar-refractivity contribution in [1.82, 2.24) is 10.2 Å². The van der Waals surface area contributed by atoms with Crippen LogP contribution in [-0.2, 0) is 9.59 Å². The first-order valence-electron chi connectivity index (χ1n) is 7.94. The molecule has 0 bridgehead atoms. The molecule has 8 heteroatoms. The van der Waals surface area contributed by atoms with E-state index in [1.807, 2.05) is 20.8 Å². The van der Waals surface area contributed by atoms with Crippen LogP contribution in [0.3, 0.4) is 0 Å². The highest BCUT2D eigenvalue weighted by molar-refractivity contribution is 5.87. The fraction of sp³-hybridized carbons (Fsp3) is 0.529. The highest BCUT2D eigenvalue weighted by Crippen LogP contribution is 2.25. The lowest BCUT2D eigenvalue weighted by Gasteiger charge is -2.23. The van der Waals surface area contributed by atoms with Gasteiger partial charge >= 0.3 is 0 Å². The monoisotopic (exact) mass is 355 g/mol. The number of nitrogens with zero attached hydrogens (tertiary/aromatic N) is 1. The molecule has 0 unspecified atom stereocenters. The number of rotatable bonds is 8. The molecule has 25 heavy (non-hydrogen) atoms. The number of aliphatic hydroxyl groups excluding tert-OH is 1. The summed E-state index contributed by atoms with van der Waals surface area (Å²) in [4.78, 5) is 25.3. The van der Waals surface area contributed by atoms with E-state index >= 15 is 0 Å². The van der Waals surface area contributed by atoms with Gasteiger partial charge in [0.1, 0.15) is 18.2 Å². The van der Waals surface area contributed by atoms with Crippen LogP contribution < -0.4 is 15.4 Å². The van der Waals surface area contributed by atoms with Crippen LogP contribution in [-0.4, -0.2) is 60.7 Å². The van der Waals surface area contributed by atoms with E-state index in [1.54, 1.807) is 0 Å². The summed E-state index contributed by atoms with van der Waals surface area (Å²) in [5, 5.41) is 14.4. The average Bonchev–Trinajstić information content (AvgIpc) is 2.49. The van der Waals surface area contributed by atoms with Crippen LogP contribution in [0.2, 0.25) is 0 Å². The van der Waals surface area contributed by atoms with Gasteiger partial charge in [-0.15, -0.1) is 0 Å². The molecule has 0 saturated carbocycles. The third-order valence-corrected chi connectivity index (χ3v) is 3.04. The zero-order valence-corrected chi connectivity index (χ0v) is 15.1. The second-order valence-corrected chi connectivity index (χ2v) is 6.61. The Bertz CT molecular complexity index is 602. The Morgan fingerprint density at radius 1 is 1.32 bits per heavy atom. The minimum atomic E-state index is -0.485. The first-order chi connectivity index (χ1) is 11.6. The number of amides is 2. The first kappa shape index (κ1) is 20.7. The van der Waals surface area contributed by atoms with Gasteiger partial charge in [-0.1, -0.05) is 0 Å².